The van der Waals surface area contributed by atoms with Gasteiger partial charge in [0.05, 0.1) is 16.4 Å². The molecule has 0 aromatic carbocycles. The molecule has 6 heteroatoms. The fourth-order valence-electron chi connectivity index (χ4n) is 2.10. The van der Waals surface area contributed by atoms with Crippen LogP contribution in [0.1, 0.15) is 41.5 Å². The predicted molar refractivity (Wildman–Crippen MR) is 74.8 cm³/mol. The number of nitrogens with two attached hydrogens (primary N) is 1. The Labute approximate surface area is 116 Å². The van der Waals surface area contributed by atoms with Gasteiger partial charge < -0.3 is 5.73 Å². The molecule has 1 fully saturated rings. The molecule has 0 atom stereocenters. The number of nitrogens with zero attached hydrogens (tertiary/aromatic N) is 4. The molecular weight excluding hydrogens is 262 g/mol. The lowest BCUT2D eigenvalue weighted by molar-refractivity contribution is 0.774. The summed E-state index contributed by atoms with van der Waals surface area (Å²) in [7, 11) is 0. The van der Waals surface area contributed by atoms with Crippen LogP contribution >= 0.6 is 11.6 Å². The van der Waals surface area contributed by atoms with E-state index in [1.54, 1.807) is 4.68 Å². The predicted octanol–water partition coefficient (Wildman–Crippen LogP) is 2.70. The van der Waals surface area contributed by atoms with E-state index in [1.165, 1.54) is 0 Å². The molecule has 0 saturated heterocycles. The maximum absolute atomic E-state index is 6.20. The van der Waals surface area contributed by atoms with E-state index in [1.807, 2.05) is 20.8 Å². The molecule has 0 radical (unpaired) electrons. The van der Waals surface area contributed by atoms with Crippen molar-refractivity contribution in [3.63, 3.8) is 0 Å². The third-order valence-electron chi connectivity index (χ3n) is 3.52. The molecule has 100 valence electrons. The number of aromatic nitrogens is 4. The lowest BCUT2D eigenvalue weighted by Crippen LogP contribution is -2.11. The van der Waals surface area contributed by atoms with Crippen molar-refractivity contribution in [2.75, 3.05) is 5.73 Å². The topological polar surface area (TPSA) is 69.6 Å². The summed E-state index contributed by atoms with van der Waals surface area (Å²) >= 11 is 6.20. The average molecular weight is 278 g/mol. The zero-order chi connectivity index (χ0) is 13.7. The summed E-state index contributed by atoms with van der Waals surface area (Å²) in [5, 5.41) is 5.11. The molecule has 1 saturated carbocycles. The highest BCUT2D eigenvalue weighted by molar-refractivity contribution is 6.31. The highest BCUT2D eigenvalue weighted by atomic mass is 35.5. The van der Waals surface area contributed by atoms with Crippen LogP contribution in [0.4, 0.5) is 5.82 Å². The number of hydrogen-bond acceptors (Lipinski definition) is 4. The highest BCUT2D eigenvalue weighted by Crippen LogP contribution is 2.39. The molecule has 2 aromatic rings. The molecule has 2 aromatic heterocycles. The number of anilines is 1. The monoisotopic (exact) mass is 277 g/mol. The Bertz CT molecular complexity index is 658. The number of aryl methyl sites for hydroxylation is 1. The Hall–Kier alpha value is -1.62. The average Bonchev–Trinajstić information content (AvgIpc) is 3.18. The number of nitrogen functional groups attached to an aromatic ring is 1. The molecule has 19 heavy (non-hydrogen) atoms. The van der Waals surface area contributed by atoms with Gasteiger partial charge in [-0.15, -0.1) is 0 Å². The maximum Gasteiger partial charge on any atom is 0.162 e. The second-order valence-electron chi connectivity index (χ2n) is 5.09. The van der Waals surface area contributed by atoms with Crippen LogP contribution in [0, 0.1) is 20.8 Å². The summed E-state index contributed by atoms with van der Waals surface area (Å²) < 4.78 is 1.76. The van der Waals surface area contributed by atoms with Crippen molar-refractivity contribution < 1.29 is 0 Å². The van der Waals surface area contributed by atoms with Gasteiger partial charge in [0.2, 0.25) is 0 Å². The zero-order valence-corrected chi connectivity index (χ0v) is 12.0. The van der Waals surface area contributed by atoms with E-state index < -0.39 is 0 Å². The van der Waals surface area contributed by atoms with Crippen molar-refractivity contribution in [1.82, 2.24) is 19.7 Å². The highest BCUT2D eigenvalue weighted by Gasteiger charge is 2.28. The van der Waals surface area contributed by atoms with Gasteiger partial charge in [-0.1, -0.05) is 11.6 Å². The van der Waals surface area contributed by atoms with Gasteiger partial charge in [0.15, 0.2) is 5.82 Å². The Morgan fingerprint density at radius 1 is 1.21 bits per heavy atom. The molecule has 3 rings (SSSR count). The van der Waals surface area contributed by atoms with Crippen molar-refractivity contribution in [3.05, 3.63) is 27.8 Å². The quantitative estimate of drug-likeness (QED) is 0.916. The molecule has 0 unspecified atom stereocenters. The van der Waals surface area contributed by atoms with Gasteiger partial charge >= 0.3 is 0 Å². The Balaban J connectivity index is 2.20. The minimum atomic E-state index is 0.453. The first kappa shape index (κ1) is 12.4. The maximum atomic E-state index is 6.20. The van der Waals surface area contributed by atoms with Crippen molar-refractivity contribution in [1.29, 1.82) is 0 Å². The molecule has 2 N–H and O–H groups in total. The second-order valence-corrected chi connectivity index (χ2v) is 5.46. The SMILES string of the molecule is Cc1nn(-c2nc(C3CC3)nc(N)c2C)c(C)c1Cl. The van der Waals surface area contributed by atoms with Crippen molar-refractivity contribution in [3.8, 4) is 5.82 Å². The number of halogens is 1. The number of rotatable bonds is 2. The second kappa shape index (κ2) is 4.20. The van der Waals surface area contributed by atoms with Crippen LogP contribution in [0.25, 0.3) is 5.82 Å². The molecule has 2 heterocycles. The fourth-order valence-corrected chi connectivity index (χ4v) is 2.22. The van der Waals surface area contributed by atoms with E-state index in [0.29, 0.717) is 16.8 Å². The van der Waals surface area contributed by atoms with Gasteiger partial charge in [-0.2, -0.15) is 5.10 Å². The Morgan fingerprint density at radius 3 is 2.42 bits per heavy atom. The van der Waals surface area contributed by atoms with E-state index >= 15 is 0 Å². The standard InChI is InChI=1S/C13H16ClN5/c1-6-11(15)16-12(9-4-5-9)17-13(6)19-8(3)10(14)7(2)18-19/h9H,4-5H2,1-3H3,(H2,15,16,17). The minimum absolute atomic E-state index is 0.453. The summed E-state index contributed by atoms with van der Waals surface area (Å²) in [5.74, 6) is 2.54. The normalized spacial score (nSPS) is 14.9. The molecule has 0 amide bonds. The largest absolute Gasteiger partial charge is 0.383 e. The molecule has 0 spiro atoms. The van der Waals surface area contributed by atoms with Gasteiger partial charge in [-0.25, -0.2) is 14.6 Å². The molecule has 1 aliphatic rings. The Kier molecular flexibility index (Phi) is 2.74. The van der Waals surface area contributed by atoms with E-state index in [0.717, 1.165) is 41.4 Å². The summed E-state index contributed by atoms with van der Waals surface area (Å²) in [6.45, 7) is 5.72. The van der Waals surface area contributed by atoms with Gasteiger partial charge in [-0.3, -0.25) is 0 Å². The summed E-state index contributed by atoms with van der Waals surface area (Å²) in [6, 6.07) is 0. The summed E-state index contributed by atoms with van der Waals surface area (Å²) in [5.41, 5.74) is 8.51. The smallest absolute Gasteiger partial charge is 0.162 e. The summed E-state index contributed by atoms with van der Waals surface area (Å²) in [4.78, 5) is 9.00. The Morgan fingerprint density at radius 2 is 1.89 bits per heavy atom. The third kappa shape index (κ3) is 1.98. The zero-order valence-electron chi connectivity index (χ0n) is 11.2. The van der Waals surface area contributed by atoms with Crippen LogP contribution in [-0.4, -0.2) is 19.7 Å². The molecular formula is C13H16ClN5. The van der Waals surface area contributed by atoms with Crippen LogP contribution in [-0.2, 0) is 0 Å². The molecule has 1 aliphatic carbocycles. The first-order valence-electron chi connectivity index (χ1n) is 6.35. The van der Waals surface area contributed by atoms with E-state index in [2.05, 4.69) is 15.1 Å². The minimum Gasteiger partial charge on any atom is -0.383 e. The third-order valence-corrected chi connectivity index (χ3v) is 4.07. The van der Waals surface area contributed by atoms with Crippen molar-refractivity contribution in [2.45, 2.75) is 39.5 Å². The lowest BCUT2D eigenvalue weighted by Gasteiger charge is -2.11. The molecule has 0 aliphatic heterocycles. The van der Waals surface area contributed by atoms with Crippen LogP contribution in [0.5, 0.6) is 0 Å². The fraction of sp³-hybridized carbons (Fsp3) is 0.462. The first-order chi connectivity index (χ1) is 8.99. The van der Waals surface area contributed by atoms with Crippen molar-refractivity contribution >= 4 is 17.4 Å². The van der Waals surface area contributed by atoms with Crippen LogP contribution < -0.4 is 5.73 Å². The van der Waals surface area contributed by atoms with Gasteiger partial charge in [0, 0.05) is 11.5 Å². The first-order valence-corrected chi connectivity index (χ1v) is 6.73. The van der Waals surface area contributed by atoms with E-state index in [-0.39, 0.29) is 0 Å². The summed E-state index contributed by atoms with van der Waals surface area (Å²) in [6.07, 6.45) is 2.28. The lowest BCUT2D eigenvalue weighted by atomic mass is 10.3. The molecule has 0 bridgehead atoms. The molecule has 5 nitrogen and oxygen atoms in total. The van der Waals surface area contributed by atoms with E-state index in [4.69, 9.17) is 17.3 Å². The number of hydrogen-bond donors (Lipinski definition) is 1. The van der Waals surface area contributed by atoms with Gasteiger partial charge in [-0.05, 0) is 33.6 Å². The van der Waals surface area contributed by atoms with Gasteiger partial charge in [0.25, 0.3) is 0 Å². The van der Waals surface area contributed by atoms with Crippen molar-refractivity contribution in [2.24, 2.45) is 0 Å². The van der Waals surface area contributed by atoms with Gasteiger partial charge in [0.1, 0.15) is 11.6 Å². The van der Waals surface area contributed by atoms with Crippen LogP contribution in [0.3, 0.4) is 0 Å². The van der Waals surface area contributed by atoms with Crippen LogP contribution in [0.15, 0.2) is 0 Å². The van der Waals surface area contributed by atoms with E-state index in [9.17, 15) is 0 Å². The van der Waals surface area contributed by atoms with Crippen LogP contribution in [0.2, 0.25) is 5.02 Å².